The maximum Gasteiger partial charge on any atom is 0.192 e. The van der Waals surface area contributed by atoms with Gasteiger partial charge in [0.05, 0.1) is 6.04 Å². The summed E-state index contributed by atoms with van der Waals surface area (Å²) in [6.07, 6.45) is 1.64. The van der Waals surface area contributed by atoms with Crippen LogP contribution in [0.2, 0.25) is 0 Å². The van der Waals surface area contributed by atoms with Crippen molar-refractivity contribution >= 4 is 23.1 Å². The van der Waals surface area contributed by atoms with Gasteiger partial charge in [-0.3, -0.25) is 4.79 Å². The first-order chi connectivity index (χ1) is 10.6. The number of Topliss-reactive ketones (excluding diaryl/α,β-unsaturated/α-hetero) is 1. The van der Waals surface area contributed by atoms with E-state index in [1.54, 1.807) is 42.6 Å². The highest BCUT2D eigenvalue weighted by Crippen LogP contribution is 2.27. The van der Waals surface area contributed by atoms with Crippen molar-refractivity contribution < 1.29 is 9.90 Å². The van der Waals surface area contributed by atoms with Crippen LogP contribution >= 0.6 is 12.2 Å². The number of rotatable bonds is 3. The van der Waals surface area contributed by atoms with Crippen molar-refractivity contribution in [2.45, 2.75) is 6.04 Å². The second-order valence-electron chi connectivity index (χ2n) is 4.94. The summed E-state index contributed by atoms with van der Waals surface area (Å²) < 4.78 is 0. The minimum Gasteiger partial charge on any atom is -0.508 e. The molecule has 0 saturated carbocycles. The van der Waals surface area contributed by atoms with Gasteiger partial charge in [0.25, 0.3) is 0 Å². The Hall–Kier alpha value is -2.66. The van der Waals surface area contributed by atoms with E-state index >= 15 is 0 Å². The van der Waals surface area contributed by atoms with E-state index in [1.165, 1.54) is 0 Å². The van der Waals surface area contributed by atoms with Crippen LogP contribution in [0.5, 0.6) is 5.75 Å². The SMILES string of the molecule is O=C(C1=CNC(=S)NC1c1ccc(O)cc1)c1ccccc1. The fraction of sp³-hybridized carbons (Fsp3) is 0.0588. The smallest absolute Gasteiger partial charge is 0.192 e. The van der Waals surface area contributed by atoms with Crippen molar-refractivity contribution in [3.63, 3.8) is 0 Å². The predicted molar refractivity (Wildman–Crippen MR) is 88.6 cm³/mol. The van der Waals surface area contributed by atoms with Gasteiger partial charge in [-0.2, -0.15) is 0 Å². The number of carbonyl (C=O) groups excluding carboxylic acids is 1. The van der Waals surface area contributed by atoms with Gasteiger partial charge < -0.3 is 15.7 Å². The number of benzene rings is 2. The summed E-state index contributed by atoms with van der Waals surface area (Å²) >= 11 is 5.14. The Morgan fingerprint density at radius 2 is 1.73 bits per heavy atom. The molecular weight excluding hydrogens is 296 g/mol. The van der Waals surface area contributed by atoms with E-state index in [1.807, 2.05) is 18.2 Å². The highest BCUT2D eigenvalue weighted by atomic mass is 32.1. The minimum absolute atomic E-state index is 0.0684. The summed E-state index contributed by atoms with van der Waals surface area (Å²) in [6, 6.07) is 15.5. The van der Waals surface area contributed by atoms with Crippen molar-refractivity contribution in [3.05, 3.63) is 77.5 Å². The third kappa shape index (κ3) is 2.84. The molecule has 0 amide bonds. The standard InChI is InChI=1S/C17H14N2O2S/c20-13-8-6-11(7-9-13)15-14(10-18-17(22)19-15)16(21)12-4-2-1-3-5-12/h1-10,15,20H,(H2,18,19,22). The van der Waals surface area contributed by atoms with Crippen LogP contribution in [-0.4, -0.2) is 16.0 Å². The molecule has 1 aliphatic heterocycles. The van der Waals surface area contributed by atoms with Crippen molar-refractivity contribution in [3.8, 4) is 5.75 Å². The van der Waals surface area contributed by atoms with Gasteiger partial charge >= 0.3 is 0 Å². The highest BCUT2D eigenvalue weighted by Gasteiger charge is 2.27. The molecule has 3 N–H and O–H groups in total. The molecule has 0 saturated heterocycles. The Morgan fingerprint density at radius 1 is 1.05 bits per heavy atom. The molecule has 1 aliphatic rings. The van der Waals surface area contributed by atoms with Gasteiger partial charge in [0.1, 0.15) is 5.75 Å². The summed E-state index contributed by atoms with van der Waals surface area (Å²) in [5, 5.41) is 15.9. The Bertz CT molecular complexity index is 739. The molecular formula is C17H14N2O2S. The van der Waals surface area contributed by atoms with Crippen LogP contribution in [0.25, 0.3) is 0 Å². The lowest BCUT2D eigenvalue weighted by molar-refractivity contribution is 0.102. The summed E-state index contributed by atoms with van der Waals surface area (Å²) in [6.45, 7) is 0. The van der Waals surface area contributed by atoms with E-state index in [2.05, 4.69) is 10.6 Å². The molecule has 0 bridgehead atoms. The molecule has 1 heterocycles. The predicted octanol–water partition coefficient (Wildman–Crippen LogP) is 2.68. The number of carbonyl (C=O) groups is 1. The van der Waals surface area contributed by atoms with E-state index < -0.39 is 0 Å². The van der Waals surface area contributed by atoms with Crippen LogP contribution in [0.3, 0.4) is 0 Å². The third-order valence-corrected chi connectivity index (χ3v) is 3.71. The molecule has 5 heteroatoms. The number of aromatic hydroxyl groups is 1. The first-order valence-electron chi connectivity index (χ1n) is 6.81. The van der Waals surface area contributed by atoms with Crippen LogP contribution in [0.1, 0.15) is 22.0 Å². The van der Waals surface area contributed by atoms with Crippen molar-refractivity contribution in [2.75, 3.05) is 0 Å². The van der Waals surface area contributed by atoms with Crippen molar-refractivity contribution in [1.29, 1.82) is 0 Å². The number of nitrogens with one attached hydrogen (secondary N) is 2. The maximum absolute atomic E-state index is 12.7. The van der Waals surface area contributed by atoms with Gasteiger partial charge in [-0.1, -0.05) is 42.5 Å². The average molecular weight is 310 g/mol. The Kier molecular flexibility index (Phi) is 3.89. The zero-order valence-corrected chi connectivity index (χ0v) is 12.4. The van der Waals surface area contributed by atoms with Gasteiger partial charge in [-0.15, -0.1) is 0 Å². The molecule has 1 atom stereocenters. The van der Waals surface area contributed by atoms with Gasteiger partial charge in [0, 0.05) is 17.3 Å². The third-order valence-electron chi connectivity index (χ3n) is 3.47. The van der Waals surface area contributed by atoms with E-state index in [-0.39, 0.29) is 17.6 Å². The number of phenolic OH excluding ortho intramolecular Hbond substituents is 1. The second-order valence-corrected chi connectivity index (χ2v) is 5.35. The topological polar surface area (TPSA) is 61.4 Å². The molecule has 110 valence electrons. The van der Waals surface area contributed by atoms with Gasteiger partial charge in [-0.25, -0.2) is 0 Å². The van der Waals surface area contributed by atoms with Crippen LogP contribution < -0.4 is 10.6 Å². The molecule has 0 aromatic heterocycles. The van der Waals surface area contributed by atoms with Gasteiger partial charge in [-0.05, 0) is 29.9 Å². The van der Waals surface area contributed by atoms with Gasteiger partial charge in [0.2, 0.25) is 0 Å². The molecule has 0 spiro atoms. The maximum atomic E-state index is 12.7. The molecule has 22 heavy (non-hydrogen) atoms. The Labute approximate surface area is 133 Å². The minimum atomic E-state index is -0.345. The lowest BCUT2D eigenvalue weighted by Crippen LogP contribution is -2.42. The number of hydrogen-bond acceptors (Lipinski definition) is 3. The zero-order valence-electron chi connectivity index (χ0n) is 11.6. The van der Waals surface area contributed by atoms with Crippen LogP contribution in [0.4, 0.5) is 0 Å². The largest absolute Gasteiger partial charge is 0.508 e. The normalized spacial score (nSPS) is 17.2. The monoisotopic (exact) mass is 310 g/mol. The number of ketones is 1. The molecule has 1 unspecified atom stereocenters. The first-order valence-corrected chi connectivity index (χ1v) is 7.22. The fourth-order valence-electron chi connectivity index (χ4n) is 2.36. The van der Waals surface area contributed by atoms with E-state index in [4.69, 9.17) is 12.2 Å². The fourth-order valence-corrected chi connectivity index (χ4v) is 2.54. The molecule has 4 nitrogen and oxygen atoms in total. The quantitative estimate of drug-likeness (QED) is 0.601. The summed E-state index contributed by atoms with van der Waals surface area (Å²) in [5.74, 6) is 0.112. The van der Waals surface area contributed by atoms with E-state index in [0.717, 1.165) is 5.56 Å². The number of phenols is 1. The second kappa shape index (κ2) is 5.99. The summed E-state index contributed by atoms with van der Waals surface area (Å²) in [4.78, 5) is 12.7. The Balaban J connectivity index is 1.98. The average Bonchev–Trinajstić information content (AvgIpc) is 2.56. The Morgan fingerprint density at radius 3 is 2.41 bits per heavy atom. The molecule has 2 aromatic carbocycles. The van der Waals surface area contributed by atoms with Crippen molar-refractivity contribution in [2.24, 2.45) is 0 Å². The first kappa shape index (κ1) is 14.3. The summed E-state index contributed by atoms with van der Waals surface area (Å²) in [5.41, 5.74) is 2.05. The van der Waals surface area contributed by atoms with E-state index in [0.29, 0.717) is 16.2 Å². The van der Waals surface area contributed by atoms with Crippen LogP contribution in [0, 0.1) is 0 Å². The molecule has 3 rings (SSSR count). The number of hydrogen-bond donors (Lipinski definition) is 3. The van der Waals surface area contributed by atoms with Crippen LogP contribution in [-0.2, 0) is 0 Å². The zero-order chi connectivity index (χ0) is 15.5. The summed E-state index contributed by atoms with van der Waals surface area (Å²) in [7, 11) is 0. The lowest BCUT2D eigenvalue weighted by atomic mass is 9.92. The van der Waals surface area contributed by atoms with E-state index in [9.17, 15) is 9.90 Å². The number of thiocarbonyl (C=S) groups is 1. The highest BCUT2D eigenvalue weighted by molar-refractivity contribution is 7.80. The lowest BCUT2D eigenvalue weighted by Gasteiger charge is -2.27. The molecule has 0 radical (unpaired) electrons. The molecule has 0 aliphatic carbocycles. The van der Waals surface area contributed by atoms with Gasteiger partial charge in [0.15, 0.2) is 10.9 Å². The van der Waals surface area contributed by atoms with Crippen LogP contribution in [0.15, 0.2) is 66.4 Å². The molecule has 2 aromatic rings. The van der Waals surface area contributed by atoms with Crippen molar-refractivity contribution in [1.82, 2.24) is 10.6 Å². The molecule has 0 fully saturated rings.